The Labute approximate surface area is 121 Å². The Balaban J connectivity index is 1.75. The molecule has 0 amide bonds. The molecule has 1 aliphatic rings. The van der Waals surface area contributed by atoms with Crippen molar-refractivity contribution in [3.8, 4) is 0 Å². The second kappa shape index (κ2) is 7.16. The first-order valence-electron chi connectivity index (χ1n) is 7.46. The van der Waals surface area contributed by atoms with Gasteiger partial charge in [0, 0.05) is 18.6 Å². The summed E-state index contributed by atoms with van der Waals surface area (Å²) in [5.74, 6) is -0.206. The molecule has 20 heavy (non-hydrogen) atoms. The third kappa shape index (κ3) is 4.27. The molecule has 2 atom stereocenters. The molecule has 1 aromatic carbocycles. The summed E-state index contributed by atoms with van der Waals surface area (Å²) in [6.45, 7) is 3.29. The average molecular weight is 279 g/mol. The summed E-state index contributed by atoms with van der Waals surface area (Å²) in [6, 6.07) is 7.19. The number of halogens is 1. The first-order valence-corrected chi connectivity index (χ1v) is 7.46. The SMILES string of the molecule is CN(CCC(N)c1ccc(F)cc1)CC1CCCN1C. The van der Waals surface area contributed by atoms with Crippen LogP contribution < -0.4 is 5.73 Å². The molecule has 2 rings (SSSR count). The molecular formula is C16H26FN3. The van der Waals surface area contributed by atoms with Gasteiger partial charge in [-0.3, -0.25) is 0 Å². The van der Waals surface area contributed by atoms with E-state index < -0.39 is 0 Å². The van der Waals surface area contributed by atoms with Crippen molar-refractivity contribution >= 4 is 0 Å². The predicted molar refractivity (Wildman–Crippen MR) is 81.1 cm³/mol. The van der Waals surface area contributed by atoms with Crippen molar-refractivity contribution in [2.75, 3.05) is 33.7 Å². The molecule has 1 fully saturated rings. The second-order valence-corrected chi connectivity index (χ2v) is 5.99. The van der Waals surface area contributed by atoms with E-state index in [4.69, 9.17) is 5.73 Å². The zero-order chi connectivity index (χ0) is 14.5. The number of likely N-dealkylation sites (N-methyl/N-ethyl adjacent to an activating group) is 2. The van der Waals surface area contributed by atoms with Gasteiger partial charge in [-0.1, -0.05) is 12.1 Å². The monoisotopic (exact) mass is 279 g/mol. The highest BCUT2D eigenvalue weighted by molar-refractivity contribution is 5.19. The molecule has 1 heterocycles. The van der Waals surface area contributed by atoms with Gasteiger partial charge in [-0.25, -0.2) is 4.39 Å². The quantitative estimate of drug-likeness (QED) is 0.867. The summed E-state index contributed by atoms with van der Waals surface area (Å²) >= 11 is 0. The van der Waals surface area contributed by atoms with Crippen molar-refractivity contribution in [1.29, 1.82) is 0 Å². The summed E-state index contributed by atoms with van der Waals surface area (Å²) in [4.78, 5) is 4.80. The maximum atomic E-state index is 12.9. The van der Waals surface area contributed by atoms with Crippen LogP contribution in [-0.2, 0) is 0 Å². The van der Waals surface area contributed by atoms with Crippen LogP contribution in [-0.4, -0.2) is 49.6 Å². The first-order chi connectivity index (χ1) is 9.56. The molecule has 0 bridgehead atoms. The zero-order valence-corrected chi connectivity index (χ0v) is 12.6. The van der Waals surface area contributed by atoms with E-state index in [1.807, 2.05) is 0 Å². The summed E-state index contributed by atoms with van der Waals surface area (Å²) in [5.41, 5.74) is 7.18. The van der Waals surface area contributed by atoms with Crippen LogP contribution in [0.25, 0.3) is 0 Å². The predicted octanol–water partition coefficient (Wildman–Crippen LogP) is 2.24. The van der Waals surface area contributed by atoms with E-state index in [0.29, 0.717) is 6.04 Å². The van der Waals surface area contributed by atoms with Gasteiger partial charge >= 0.3 is 0 Å². The van der Waals surface area contributed by atoms with Gasteiger partial charge in [-0.2, -0.15) is 0 Å². The highest BCUT2D eigenvalue weighted by Crippen LogP contribution is 2.17. The van der Waals surface area contributed by atoms with Gasteiger partial charge in [-0.05, 0) is 64.1 Å². The topological polar surface area (TPSA) is 32.5 Å². The van der Waals surface area contributed by atoms with Gasteiger partial charge in [0.1, 0.15) is 5.82 Å². The fraction of sp³-hybridized carbons (Fsp3) is 0.625. The van der Waals surface area contributed by atoms with Crippen LogP contribution in [0.1, 0.15) is 30.9 Å². The molecule has 0 aromatic heterocycles. The molecule has 3 nitrogen and oxygen atoms in total. The molecular weight excluding hydrogens is 253 g/mol. The fourth-order valence-electron chi connectivity index (χ4n) is 2.90. The molecule has 0 saturated carbocycles. The van der Waals surface area contributed by atoms with E-state index in [2.05, 4.69) is 23.9 Å². The Morgan fingerprint density at radius 1 is 1.40 bits per heavy atom. The minimum Gasteiger partial charge on any atom is -0.324 e. The van der Waals surface area contributed by atoms with Crippen molar-refractivity contribution in [2.45, 2.75) is 31.3 Å². The zero-order valence-electron chi connectivity index (χ0n) is 12.6. The average Bonchev–Trinajstić information content (AvgIpc) is 2.82. The van der Waals surface area contributed by atoms with Crippen LogP contribution in [0.5, 0.6) is 0 Å². The Morgan fingerprint density at radius 2 is 2.10 bits per heavy atom. The van der Waals surface area contributed by atoms with E-state index in [9.17, 15) is 4.39 Å². The van der Waals surface area contributed by atoms with Crippen LogP contribution in [0.4, 0.5) is 4.39 Å². The third-order valence-electron chi connectivity index (χ3n) is 4.31. The van der Waals surface area contributed by atoms with Gasteiger partial charge < -0.3 is 15.5 Å². The minimum absolute atomic E-state index is 0.0145. The lowest BCUT2D eigenvalue weighted by Crippen LogP contribution is -2.37. The summed E-state index contributed by atoms with van der Waals surface area (Å²) in [5, 5.41) is 0. The summed E-state index contributed by atoms with van der Waals surface area (Å²) in [6.07, 6.45) is 3.51. The number of nitrogens with two attached hydrogens (primary N) is 1. The first kappa shape index (κ1) is 15.4. The number of benzene rings is 1. The number of hydrogen-bond donors (Lipinski definition) is 1. The second-order valence-electron chi connectivity index (χ2n) is 5.99. The molecule has 2 unspecified atom stereocenters. The molecule has 0 radical (unpaired) electrons. The Morgan fingerprint density at radius 3 is 2.70 bits per heavy atom. The van der Waals surface area contributed by atoms with Crippen LogP contribution in [0, 0.1) is 5.82 Å². The molecule has 2 N–H and O–H groups in total. The molecule has 4 heteroatoms. The molecule has 1 aromatic rings. The lowest BCUT2D eigenvalue weighted by atomic mass is 10.0. The van der Waals surface area contributed by atoms with Crippen LogP contribution >= 0.6 is 0 Å². The number of hydrogen-bond acceptors (Lipinski definition) is 3. The van der Waals surface area contributed by atoms with Gasteiger partial charge in [0.05, 0.1) is 0 Å². The Hall–Kier alpha value is -0.970. The molecule has 1 aliphatic heterocycles. The number of nitrogens with zero attached hydrogens (tertiary/aromatic N) is 2. The molecule has 1 saturated heterocycles. The largest absolute Gasteiger partial charge is 0.324 e. The van der Waals surface area contributed by atoms with E-state index in [1.54, 1.807) is 12.1 Å². The molecule has 0 aliphatic carbocycles. The normalized spacial score (nSPS) is 21.6. The lowest BCUT2D eigenvalue weighted by Gasteiger charge is -2.26. The highest BCUT2D eigenvalue weighted by atomic mass is 19.1. The van der Waals surface area contributed by atoms with Crippen LogP contribution in [0.3, 0.4) is 0 Å². The smallest absolute Gasteiger partial charge is 0.123 e. The number of rotatable bonds is 6. The number of likely N-dealkylation sites (tertiary alicyclic amines) is 1. The Kier molecular flexibility index (Phi) is 5.52. The Bertz CT molecular complexity index is 407. The van der Waals surface area contributed by atoms with E-state index in [-0.39, 0.29) is 11.9 Å². The fourth-order valence-corrected chi connectivity index (χ4v) is 2.90. The van der Waals surface area contributed by atoms with Gasteiger partial charge in [-0.15, -0.1) is 0 Å². The minimum atomic E-state index is -0.206. The van der Waals surface area contributed by atoms with E-state index in [1.165, 1.54) is 31.5 Å². The van der Waals surface area contributed by atoms with Gasteiger partial charge in [0.25, 0.3) is 0 Å². The maximum Gasteiger partial charge on any atom is 0.123 e. The van der Waals surface area contributed by atoms with Gasteiger partial charge in [0.2, 0.25) is 0 Å². The van der Waals surface area contributed by atoms with Crippen molar-refractivity contribution in [3.63, 3.8) is 0 Å². The van der Waals surface area contributed by atoms with Crippen molar-refractivity contribution in [3.05, 3.63) is 35.6 Å². The maximum absolute atomic E-state index is 12.9. The van der Waals surface area contributed by atoms with Crippen LogP contribution in [0.2, 0.25) is 0 Å². The third-order valence-corrected chi connectivity index (χ3v) is 4.31. The van der Waals surface area contributed by atoms with E-state index in [0.717, 1.165) is 25.1 Å². The van der Waals surface area contributed by atoms with Crippen molar-refractivity contribution in [2.24, 2.45) is 5.73 Å². The van der Waals surface area contributed by atoms with Crippen LogP contribution in [0.15, 0.2) is 24.3 Å². The lowest BCUT2D eigenvalue weighted by molar-refractivity contribution is 0.216. The van der Waals surface area contributed by atoms with E-state index >= 15 is 0 Å². The van der Waals surface area contributed by atoms with Gasteiger partial charge in [0.15, 0.2) is 0 Å². The standard InChI is InChI=1S/C16H26FN3/c1-19(12-15-4-3-10-20(15)2)11-9-16(18)13-5-7-14(17)8-6-13/h5-8,15-16H,3-4,9-12,18H2,1-2H3. The molecule has 0 spiro atoms. The summed E-state index contributed by atoms with van der Waals surface area (Å²) in [7, 11) is 4.36. The molecule has 112 valence electrons. The summed E-state index contributed by atoms with van der Waals surface area (Å²) < 4.78 is 12.9. The highest BCUT2D eigenvalue weighted by Gasteiger charge is 2.22. The van der Waals surface area contributed by atoms with Crippen molar-refractivity contribution < 1.29 is 4.39 Å². The van der Waals surface area contributed by atoms with Crippen molar-refractivity contribution in [1.82, 2.24) is 9.80 Å².